The van der Waals surface area contributed by atoms with Gasteiger partial charge in [0.25, 0.3) is 0 Å². The molecule has 1 amide bonds. The summed E-state index contributed by atoms with van der Waals surface area (Å²) in [4.78, 5) is 12.6. The number of nitrogens with zero attached hydrogens (tertiary/aromatic N) is 3. The Balaban J connectivity index is 1.78. The van der Waals surface area contributed by atoms with Crippen LogP contribution < -0.4 is 14.8 Å². The molecule has 2 aromatic carbocycles. The number of rotatable bonds is 11. The van der Waals surface area contributed by atoms with Crippen LogP contribution in [0, 0.1) is 13.8 Å². The highest BCUT2D eigenvalue weighted by Crippen LogP contribution is 2.33. The van der Waals surface area contributed by atoms with Gasteiger partial charge in [0.2, 0.25) is 5.91 Å². The van der Waals surface area contributed by atoms with Crippen LogP contribution in [-0.2, 0) is 16.1 Å². The monoisotopic (exact) mass is 470 g/mol. The molecule has 0 aliphatic carbocycles. The molecule has 9 heteroatoms. The Kier molecular flexibility index (Phi) is 8.73. The number of thioether (sulfide) groups is 1. The fourth-order valence-electron chi connectivity index (χ4n) is 3.53. The van der Waals surface area contributed by atoms with Crippen molar-refractivity contribution in [2.45, 2.75) is 32.0 Å². The van der Waals surface area contributed by atoms with Crippen molar-refractivity contribution in [1.29, 1.82) is 0 Å². The number of carbonyl (C=O) groups is 1. The molecule has 1 heterocycles. The highest BCUT2D eigenvalue weighted by molar-refractivity contribution is 7.99. The van der Waals surface area contributed by atoms with Gasteiger partial charge in [0.15, 0.2) is 22.5 Å². The number of aromatic nitrogens is 3. The van der Waals surface area contributed by atoms with Crippen LogP contribution in [-0.4, -0.2) is 54.4 Å². The second-order valence-corrected chi connectivity index (χ2v) is 8.53. The Morgan fingerprint density at radius 3 is 2.39 bits per heavy atom. The summed E-state index contributed by atoms with van der Waals surface area (Å²) in [6, 6.07) is 11.6. The highest BCUT2D eigenvalue weighted by atomic mass is 32.2. The molecule has 3 rings (SSSR count). The van der Waals surface area contributed by atoms with Crippen LogP contribution in [0.25, 0.3) is 11.4 Å². The standard InChI is InChI=1S/C24H30N4O4S/c1-16-11-17(2)13-19(12-16)25-22(29)15-33-24-27-26-23(28(24)9-6-10-30-3)18-7-8-20(31-4)21(14-18)32-5/h7-8,11-14H,6,9-10,15H2,1-5H3,(H,25,29). The zero-order valence-corrected chi connectivity index (χ0v) is 20.5. The number of methoxy groups -OCH3 is 3. The molecule has 1 N–H and O–H groups in total. The van der Waals surface area contributed by atoms with Gasteiger partial charge in [-0.25, -0.2) is 0 Å². The molecule has 0 aliphatic rings. The first-order valence-corrected chi connectivity index (χ1v) is 11.6. The molecule has 1 aromatic heterocycles. The first kappa shape index (κ1) is 24.6. The zero-order chi connectivity index (χ0) is 23.8. The van der Waals surface area contributed by atoms with E-state index in [0.717, 1.165) is 28.8 Å². The van der Waals surface area contributed by atoms with Gasteiger partial charge in [-0.05, 0) is 61.7 Å². The van der Waals surface area contributed by atoms with Gasteiger partial charge < -0.3 is 24.1 Å². The van der Waals surface area contributed by atoms with Crippen molar-refractivity contribution < 1.29 is 19.0 Å². The second-order valence-electron chi connectivity index (χ2n) is 7.59. The molecule has 0 unspecified atom stereocenters. The maximum atomic E-state index is 12.6. The van der Waals surface area contributed by atoms with Crippen molar-refractivity contribution in [3.05, 3.63) is 47.5 Å². The molecule has 0 bridgehead atoms. The van der Waals surface area contributed by atoms with Crippen LogP contribution in [0.2, 0.25) is 0 Å². The van der Waals surface area contributed by atoms with Gasteiger partial charge in [0, 0.05) is 31.5 Å². The van der Waals surface area contributed by atoms with Gasteiger partial charge in [-0.1, -0.05) is 17.8 Å². The van der Waals surface area contributed by atoms with E-state index in [-0.39, 0.29) is 11.7 Å². The Hall–Kier alpha value is -3.04. The lowest BCUT2D eigenvalue weighted by molar-refractivity contribution is -0.113. The normalized spacial score (nSPS) is 10.8. The van der Waals surface area contributed by atoms with E-state index in [4.69, 9.17) is 14.2 Å². The number of anilines is 1. The fourth-order valence-corrected chi connectivity index (χ4v) is 4.29. The van der Waals surface area contributed by atoms with Crippen LogP contribution >= 0.6 is 11.8 Å². The van der Waals surface area contributed by atoms with E-state index in [1.54, 1.807) is 21.3 Å². The van der Waals surface area contributed by atoms with Crippen molar-refractivity contribution in [3.63, 3.8) is 0 Å². The molecule has 176 valence electrons. The summed E-state index contributed by atoms with van der Waals surface area (Å²) in [6.07, 6.45) is 0.789. The lowest BCUT2D eigenvalue weighted by Gasteiger charge is -2.12. The van der Waals surface area contributed by atoms with E-state index in [9.17, 15) is 4.79 Å². The van der Waals surface area contributed by atoms with E-state index in [1.807, 2.05) is 48.7 Å². The Bertz CT molecular complexity index is 1080. The average molecular weight is 471 g/mol. The van der Waals surface area contributed by atoms with Crippen molar-refractivity contribution >= 4 is 23.4 Å². The SMILES string of the molecule is COCCCn1c(SCC(=O)Nc2cc(C)cc(C)c2)nnc1-c1ccc(OC)c(OC)c1. The molecule has 0 aliphatic heterocycles. The molecule has 0 radical (unpaired) electrons. The summed E-state index contributed by atoms with van der Waals surface area (Å²) in [6.45, 7) is 5.29. The summed E-state index contributed by atoms with van der Waals surface area (Å²) in [5.41, 5.74) is 3.86. The van der Waals surface area contributed by atoms with Crippen LogP contribution in [0.4, 0.5) is 5.69 Å². The molecule has 33 heavy (non-hydrogen) atoms. The average Bonchev–Trinajstić information content (AvgIpc) is 3.19. The first-order valence-electron chi connectivity index (χ1n) is 10.6. The molecule has 0 atom stereocenters. The minimum absolute atomic E-state index is 0.0934. The third-order valence-corrected chi connectivity index (χ3v) is 5.89. The van der Waals surface area contributed by atoms with Gasteiger partial charge in [0.1, 0.15) is 0 Å². The number of carbonyl (C=O) groups excluding carboxylic acids is 1. The topological polar surface area (TPSA) is 87.5 Å². The largest absolute Gasteiger partial charge is 0.493 e. The number of benzene rings is 2. The lowest BCUT2D eigenvalue weighted by Crippen LogP contribution is -2.15. The number of ether oxygens (including phenoxy) is 3. The van der Waals surface area contributed by atoms with E-state index in [2.05, 4.69) is 21.6 Å². The van der Waals surface area contributed by atoms with E-state index >= 15 is 0 Å². The zero-order valence-electron chi connectivity index (χ0n) is 19.7. The summed E-state index contributed by atoms with van der Waals surface area (Å²) in [7, 11) is 4.87. The maximum Gasteiger partial charge on any atom is 0.234 e. The summed E-state index contributed by atoms with van der Waals surface area (Å²) in [5, 5.41) is 12.4. The Morgan fingerprint density at radius 2 is 1.73 bits per heavy atom. The second kappa shape index (κ2) is 11.7. The van der Waals surface area contributed by atoms with E-state index < -0.39 is 0 Å². The number of hydrogen-bond acceptors (Lipinski definition) is 7. The number of hydrogen-bond donors (Lipinski definition) is 1. The minimum Gasteiger partial charge on any atom is -0.493 e. The van der Waals surface area contributed by atoms with Crippen LogP contribution in [0.3, 0.4) is 0 Å². The minimum atomic E-state index is -0.0934. The molecule has 0 spiro atoms. The molecule has 0 saturated heterocycles. The van der Waals surface area contributed by atoms with Gasteiger partial charge in [0.05, 0.1) is 20.0 Å². The fraction of sp³-hybridized carbons (Fsp3) is 0.375. The highest BCUT2D eigenvalue weighted by Gasteiger charge is 2.17. The van der Waals surface area contributed by atoms with E-state index in [1.165, 1.54) is 11.8 Å². The summed E-state index contributed by atoms with van der Waals surface area (Å²) in [5.74, 6) is 2.09. The van der Waals surface area contributed by atoms with Gasteiger partial charge in [-0.3, -0.25) is 4.79 Å². The summed E-state index contributed by atoms with van der Waals surface area (Å²) >= 11 is 1.35. The quantitative estimate of drug-likeness (QED) is 0.329. The number of amides is 1. The lowest BCUT2D eigenvalue weighted by atomic mass is 10.1. The molecule has 0 fully saturated rings. The Labute approximate surface area is 198 Å². The maximum absolute atomic E-state index is 12.6. The number of aryl methyl sites for hydroxylation is 2. The van der Waals surface area contributed by atoms with Crippen LogP contribution in [0.5, 0.6) is 11.5 Å². The van der Waals surface area contributed by atoms with Crippen molar-refractivity contribution in [2.75, 3.05) is 39.0 Å². The Morgan fingerprint density at radius 1 is 1.00 bits per heavy atom. The molecule has 0 saturated carbocycles. The van der Waals surface area contributed by atoms with Crippen molar-refractivity contribution in [1.82, 2.24) is 14.8 Å². The smallest absolute Gasteiger partial charge is 0.234 e. The van der Waals surface area contributed by atoms with Gasteiger partial charge >= 0.3 is 0 Å². The molecular formula is C24H30N4O4S. The van der Waals surface area contributed by atoms with Crippen molar-refractivity contribution in [2.24, 2.45) is 0 Å². The van der Waals surface area contributed by atoms with Crippen molar-refractivity contribution in [3.8, 4) is 22.9 Å². The third-order valence-electron chi connectivity index (χ3n) is 4.93. The van der Waals surface area contributed by atoms with Crippen LogP contribution in [0.15, 0.2) is 41.6 Å². The van der Waals surface area contributed by atoms with E-state index in [0.29, 0.717) is 35.6 Å². The van der Waals surface area contributed by atoms with Gasteiger partial charge in [-0.2, -0.15) is 0 Å². The molecule has 3 aromatic rings. The first-order chi connectivity index (χ1) is 15.9. The number of nitrogens with one attached hydrogen (secondary N) is 1. The van der Waals surface area contributed by atoms with Gasteiger partial charge in [-0.15, -0.1) is 10.2 Å². The predicted octanol–water partition coefficient (Wildman–Crippen LogP) is 4.35. The van der Waals surface area contributed by atoms with Crippen LogP contribution in [0.1, 0.15) is 17.5 Å². The molecule has 8 nitrogen and oxygen atoms in total. The molecular weight excluding hydrogens is 440 g/mol. The third kappa shape index (κ3) is 6.49. The summed E-state index contributed by atoms with van der Waals surface area (Å²) < 4.78 is 18.0. The predicted molar refractivity (Wildman–Crippen MR) is 130 cm³/mol.